The van der Waals surface area contributed by atoms with Crippen LogP contribution in [0.4, 0.5) is 11.5 Å². The second-order valence-corrected chi connectivity index (χ2v) is 9.97. The first-order valence-electron chi connectivity index (χ1n) is 11.0. The van der Waals surface area contributed by atoms with Crippen LogP contribution in [0.15, 0.2) is 66.0 Å². The maximum atomic E-state index is 13.3. The Hall–Kier alpha value is -3.38. The van der Waals surface area contributed by atoms with Crippen LogP contribution in [-0.4, -0.2) is 21.5 Å². The predicted molar refractivity (Wildman–Crippen MR) is 130 cm³/mol. The first-order valence-corrected chi connectivity index (χ1v) is 11.3. The van der Waals surface area contributed by atoms with Crippen molar-refractivity contribution in [1.82, 2.24) is 9.78 Å². The molecule has 1 amide bonds. The largest absolute Gasteiger partial charge is 0.343 e. The van der Waals surface area contributed by atoms with E-state index in [4.69, 9.17) is 11.6 Å². The molecule has 0 unspecified atom stereocenters. The third-order valence-electron chi connectivity index (χ3n) is 6.33. The van der Waals surface area contributed by atoms with Gasteiger partial charge in [0.25, 0.3) is 5.91 Å². The van der Waals surface area contributed by atoms with Gasteiger partial charge >= 0.3 is 0 Å². The van der Waals surface area contributed by atoms with Crippen molar-refractivity contribution in [2.45, 2.75) is 39.7 Å². The molecule has 0 bridgehead atoms. The molecule has 0 radical (unpaired) electrons. The summed E-state index contributed by atoms with van der Waals surface area (Å²) in [5, 5.41) is 11.5. The molecular formula is C26H25ClN4O2. The smallest absolute Gasteiger partial charge is 0.261 e. The van der Waals surface area contributed by atoms with E-state index in [9.17, 15) is 9.59 Å². The fourth-order valence-electron chi connectivity index (χ4n) is 4.79. The lowest BCUT2D eigenvalue weighted by Gasteiger charge is -2.39. The summed E-state index contributed by atoms with van der Waals surface area (Å²) >= 11 is 5.96. The van der Waals surface area contributed by atoms with Gasteiger partial charge in [-0.15, -0.1) is 0 Å². The summed E-state index contributed by atoms with van der Waals surface area (Å²) in [4.78, 5) is 26.5. The number of Topliss-reactive ketones (excluding diaryl/α,β-unsaturated/α-hetero) is 1. The van der Waals surface area contributed by atoms with Gasteiger partial charge in [-0.3, -0.25) is 9.59 Å². The Morgan fingerprint density at radius 3 is 2.61 bits per heavy atom. The Labute approximate surface area is 197 Å². The van der Waals surface area contributed by atoms with Gasteiger partial charge in [-0.05, 0) is 54.2 Å². The van der Waals surface area contributed by atoms with Crippen LogP contribution in [0.1, 0.15) is 54.2 Å². The van der Waals surface area contributed by atoms with Crippen molar-refractivity contribution >= 4 is 34.8 Å². The summed E-state index contributed by atoms with van der Waals surface area (Å²) < 4.78 is 1.77. The van der Waals surface area contributed by atoms with E-state index in [-0.39, 0.29) is 23.1 Å². The number of rotatable bonds is 3. The van der Waals surface area contributed by atoms with Crippen molar-refractivity contribution in [3.8, 4) is 0 Å². The number of ketones is 1. The first kappa shape index (κ1) is 21.5. The van der Waals surface area contributed by atoms with Crippen molar-refractivity contribution in [3.63, 3.8) is 0 Å². The lowest BCUT2D eigenvalue weighted by Crippen LogP contribution is -2.37. The highest BCUT2D eigenvalue weighted by Crippen LogP contribution is 2.46. The van der Waals surface area contributed by atoms with Gasteiger partial charge in [-0.2, -0.15) is 5.10 Å². The molecule has 0 saturated heterocycles. The third kappa shape index (κ3) is 3.85. The molecule has 7 heteroatoms. The SMILES string of the molecule is Cc1ccccc1[C@@H]1C2=C(CC(C)(C)CC2=O)Nc2c(C(=O)Nc3ccc(Cl)cc3)cnn21. The number of benzene rings is 2. The minimum atomic E-state index is -0.377. The normalized spacial score (nSPS) is 18.9. The van der Waals surface area contributed by atoms with E-state index in [1.807, 2.05) is 31.2 Å². The number of nitrogens with zero attached hydrogens (tertiary/aromatic N) is 2. The average molecular weight is 461 g/mol. The van der Waals surface area contributed by atoms with Crippen LogP contribution in [0.25, 0.3) is 0 Å². The molecule has 2 aromatic carbocycles. The van der Waals surface area contributed by atoms with Crippen molar-refractivity contribution in [1.29, 1.82) is 0 Å². The number of hydrogen-bond donors (Lipinski definition) is 2. The number of carbonyl (C=O) groups is 2. The molecule has 1 atom stereocenters. The van der Waals surface area contributed by atoms with Crippen molar-refractivity contribution in [2.75, 3.05) is 10.6 Å². The highest BCUT2D eigenvalue weighted by atomic mass is 35.5. The van der Waals surface area contributed by atoms with Crippen LogP contribution < -0.4 is 10.6 Å². The number of hydrogen-bond acceptors (Lipinski definition) is 4. The molecule has 0 fully saturated rings. The minimum absolute atomic E-state index is 0.121. The van der Waals surface area contributed by atoms with Gasteiger partial charge in [0.05, 0.1) is 6.20 Å². The summed E-state index contributed by atoms with van der Waals surface area (Å²) in [6.45, 7) is 6.23. The second-order valence-electron chi connectivity index (χ2n) is 9.53. The number of nitrogens with one attached hydrogen (secondary N) is 2. The molecule has 1 aromatic heterocycles. The van der Waals surface area contributed by atoms with E-state index in [0.29, 0.717) is 28.5 Å². The number of aromatic nitrogens is 2. The molecule has 2 N–H and O–H groups in total. The average Bonchev–Trinajstić information content (AvgIpc) is 3.17. The standard InChI is InChI=1S/C26H25ClN4O2/c1-15-6-4-5-7-18(15)23-22-20(12-26(2,3)13-21(22)32)30-24-19(14-28-31(23)24)25(33)29-17-10-8-16(27)9-11-17/h4-11,14,23,30H,12-13H2,1-3H3,(H,29,33)/t23-/m1/s1. The number of halogens is 1. The molecule has 2 aliphatic rings. The Kier molecular flexibility index (Phi) is 5.13. The summed E-state index contributed by atoms with van der Waals surface area (Å²) in [6, 6.07) is 14.6. The maximum absolute atomic E-state index is 13.3. The number of fused-ring (bicyclic) bond motifs is 1. The molecule has 6 nitrogen and oxygen atoms in total. The molecule has 2 heterocycles. The summed E-state index contributed by atoms with van der Waals surface area (Å²) in [7, 11) is 0. The molecule has 3 aromatic rings. The van der Waals surface area contributed by atoms with Crippen LogP contribution >= 0.6 is 11.6 Å². The van der Waals surface area contributed by atoms with Crippen LogP contribution in [-0.2, 0) is 4.79 Å². The monoisotopic (exact) mass is 460 g/mol. The fourth-order valence-corrected chi connectivity index (χ4v) is 4.92. The predicted octanol–water partition coefficient (Wildman–Crippen LogP) is 5.76. The number of aryl methyl sites for hydroxylation is 1. The summed E-state index contributed by atoms with van der Waals surface area (Å²) in [5.74, 6) is 0.439. The van der Waals surface area contributed by atoms with Crippen molar-refractivity contribution in [3.05, 3.63) is 87.7 Å². The molecule has 1 aliphatic heterocycles. The van der Waals surface area contributed by atoms with Gasteiger partial charge < -0.3 is 10.6 Å². The highest BCUT2D eigenvalue weighted by molar-refractivity contribution is 6.30. The molecule has 0 saturated carbocycles. The van der Waals surface area contributed by atoms with Crippen LogP contribution in [0.2, 0.25) is 5.02 Å². The lowest BCUT2D eigenvalue weighted by molar-refractivity contribution is -0.118. The van der Waals surface area contributed by atoms with Gasteiger partial charge in [-0.1, -0.05) is 49.7 Å². The van der Waals surface area contributed by atoms with Crippen LogP contribution in [0.3, 0.4) is 0 Å². The van der Waals surface area contributed by atoms with Gasteiger partial charge in [0, 0.05) is 28.4 Å². The molecule has 1 aliphatic carbocycles. The minimum Gasteiger partial charge on any atom is -0.343 e. The fraction of sp³-hybridized carbons (Fsp3) is 0.269. The topological polar surface area (TPSA) is 76.0 Å². The summed E-state index contributed by atoms with van der Waals surface area (Å²) in [5.41, 5.74) is 4.60. The van der Waals surface area contributed by atoms with E-state index >= 15 is 0 Å². The molecule has 33 heavy (non-hydrogen) atoms. The number of carbonyl (C=O) groups excluding carboxylic acids is 2. The van der Waals surface area contributed by atoms with Crippen LogP contribution in [0.5, 0.6) is 0 Å². The van der Waals surface area contributed by atoms with E-state index in [1.165, 1.54) is 0 Å². The molecular weight excluding hydrogens is 436 g/mol. The highest BCUT2D eigenvalue weighted by Gasteiger charge is 2.42. The zero-order valence-corrected chi connectivity index (χ0v) is 19.5. The second kappa shape index (κ2) is 7.89. The zero-order chi connectivity index (χ0) is 23.3. The molecule has 5 rings (SSSR count). The third-order valence-corrected chi connectivity index (χ3v) is 6.58. The van der Waals surface area contributed by atoms with Gasteiger partial charge in [-0.25, -0.2) is 4.68 Å². The Bertz CT molecular complexity index is 1300. The first-order chi connectivity index (χ1) is 15.7. The maximum Gasteiger partial charge on any atom is 0.261 e. The lowest BCUT2D eigenvalue weighted by atomic mass is 9.72. The quantitative estimate of drug-likeness (QED) is 0.521. The zero-order valence-electron chi connectivity index (χ0n) is 18.8. The van der Waals surface area contributed by atoms with Crippen molar-refractivity contribution < 1.29 is 9.59 Å². The Morgan fingerprint density at radius 1 is 1.15 bits per heavy atom. The number of anilines is 2. The van der Waals surface area contributed by atoms with Gasteiger partial charge in [0.15, 0.2) is 5.78 Å². The van der Waals surface area contributed by atoms with E-state index in [2.05, 4.69) is 29.6 Å². The number of allylic oxidation sites excluding steroid dienone is 2. The van der Waals surface area contributed by atoms with Crippen LogP contribution in [0, 0.1) is 12.3 Å². The summed E-state index contributed by atoms with van der Waals surface area (Å²) in [6.07, 6.45) is 2.77. The van der Waals surface area contributed by atoms with Gasteiger partial charge in [0.1, 0.15) is 17.4 Å². The van der Waals surface area contributed by atoms with Crippen molar-refractivity contribution in [2.24, 2.45) is 5.41 Å². The van der Waals surface area contributed by atoms with Gasteiger partial charge in [0.2, 0.25) is 0 Å². The Morgan fingerprint density at radius 2 is 1.88 bits per heavy atom. The number of amides is 1. The van der Waals surface area contributed by atoms with E-state index < -0.39 is 0 Å². The molecule has 168 valence electrons. The van der Waals surface area contributed by atoms with E-state index in [1.54, 1.807) is 35.1 Å². The van der Waals surface area contributed by atoms with E-state index in [0.717, 1.165) is 28.8 Å². The molecule has 0 spiro atoms. The Balaban J connectivity index is 1.60.